The number of carbonyl (C=O) groups is 4. The molecule has 346 valence electrons. The van der Waals surface area contributed by atoms with Crippen molar-refractivity contribution in [3.05, 3.63) is 102 Å². The molecule has 16 heteroatoms. The molecule has 2 aromatic heterocycles. The van der Waals surface area contributed by atoms with Gasteiger partial charge in [0.1, 0.15) is 36.1 Å². The number of likely N-dealkylation sites (tertiary alicyclic amines) is 1. The minimum Gasteiger partial charge on any atom is -0.488 e. The average molecular weight is 899 g/mol. The number of nitrogens with one attached hydrogen (secondary N) is 4. The Kier molecular flexibility index (Phi) is 13.3. The fourth-order valence-electron chi connectivity index (χ4n) is 9.24. The third-order valence-corrected chi connectivity index (χ3v) is 12.6. The number of nitrogens with zero attached hydrogens (tertiary/aromatic N) is 4. The first-order valence-corrected chi connectivity index (χ1v) is 22.4. The molecule has 2 aliphatic heterocycles. The van der Waals surface area contributed by atoms with Crippen molar-refractivity contribution in [2.24, 2.45) is 17.8 Å². The molecule has 4 amide bonds. The van der Waals surface area contributed by atoms with Gasteiger partial charge in [0.15, 0.2) is 0 Å². The molecule has 2 aliphatic rings. The molecule has 4 N–H and O–H groups in total. The standard InChI is InChI=1S/C50H58N8O8/c1-27(2)23-57(47(59)42(28(3)4)55-49(61)64-7)29(5)45-51-22-39(53-45)33-14-16-35-34(19-33)26-66-41-21-36-32(20-37(35)41)15-17-38-44(36)54-46(52-38)40-18-30(25-63-6)24-58(40)48(60)43(56-50(62)65-8)31-12-10-9-11-13-31/h9-17,19-22,27-30,40,42-43H,18,23-26H2,1-8H3,(H,51,53)(H,52,54)(H,55,61)(H,56,62). The maximum Gasteiger partial charge on any atom is 0.407 e. The van der Waals surface area contributed by atoms with Crippen molar-refractivity contribution in [3.8, 4) is 28.1 Å². The van der Waals surface area contributed by atoms with Gasteiger partial charge in [-0.2, -0.15) is 0 Å². The fourth-order valence-corrected chi connectivity index (χ4v) is 9.24. The van der Waals surface area contributed by atoms with Crippen molar-refractivity contribution in [2.45, 2.75) is 71.8 Å². The Balaban J connectivity index is 1.06. The van der Waals surface area contributed by atoms with Crippen LogP contribution in [0.1, 0.15) is 81.9 Å². The Morgan fingerprint density at radius 1 is 0.894 bits per heavy atom. The van der Waals surface area contributed by atoms with Gasteiger partial charge in [0.05, 0.1) is 55.8 Å². The Hall–Kier alpha value is -6.94. The van der Waals surface area contributed by atoms with Crippen molar-refractivity contribution in [3.63, 3.8) is 0 Å². The SMILES string of the molecule is COCC1CC(c2nc3c(ccc4cc5c(cc43)OCc3cc(-c4cnc(C(C)N(CC(C)C)C(=O)C(NC(=O)OC)C(C)C)[nH]4)ccc3-5)[nH]2)N(C(=O)C(NC(=O)OC)c2ccccc2)C1. The van der Waals surface area contributed by atoms with Gasteiger partial charge in [-0.25, -0.2) is 19.6 Å². The van der Waals surface area contributed by atoms with Gasteiger partial charge in [0.25, 0.3) is 5.91 Å². The second-order valence-electron chi connectivity index (χ2n) is 18.0. The van der Waals surface area contributed by atoms with E-state index < -0.39 is 36.4 Å². The minimum absolute atomic E-state index is 0.0555. The number of ether oxygens (including phenoxy) is 4. The van der Waals surface area contributed by atoms with Crippen molar-refractivity contribution in [1.29, 1.82) is 0 Å². The summed E-state index contributed by atoms with van der Waals surface area (Å²) >= 11 is 0. The molecule has 0 aliphatic carbocycles. The maximum absolute atomic E-state index is 14.4. The number of H-pyrrole nitrogens is 2. The van der Waals surface area contributed by atoms with Crippen molar-refractivity contribution in [2.75, 3.05) is 41.0 Å². The van der Waals surface area contributed by atoms with E-state index in [-0.39, 0.29) is 29.6 Å². The number of aromatic amines is 2. The van der Waals surface area contributed by atoms with Gasteiger partial charge in [-0.3, -0.25) is 9.59 Å². The highest BCUT2D eigenvalue weighted by molar-refractivity contribution is 6.07. The first-order chi connectivity index (χ1) is 31.8. The minimum atomic E-state index is -0.958. The molecule has 5 atom stereocenters. The number of hydrogen-bond donors (Lipinski definition) is 4. The predicted molar refractivity (Wildman–Crippen MR) is 249 cm³/mol. The molecule has 6 aromatic rings. The normalized spacial score (nSPS) is 16.9. The summed E-state index contributed by atoms with van der Waals surface area (Å²) in [7, 11) is 4.21. The fraction of sp³-hybridized carbons (Fsp3) is 0.400. The molecule has 0 bridgehead atoms. The lowest BCUT2D eigenvalue weighted by Crippen LogP contribution is -2.52. The predicted octanol–water partition coefficient (Wildman–Crippen LogP) is 8.23. The molecule has 4 aromatic carbocycles. The van der Waals surface area contributed by atoms with Crippen LogP contribution in [0.15, 0.2) is 79.0 Å². The van der Waals surface area contributed by atoms with Gasteiger partial charge < -0.3 is 49.3 Å². The number of benzene rings is 4. The highest BCUT2D eigenvalue weighted by atomic mass is 16.5. The van der Waals surface area contributed by atoms with Crippen LogP contribution in [0.25, 0.3) is 44.2 Å². The lowest BCUT2D eigenvalue weighted by atomic mass is 9.92. The molecular weight excluding hydrogens is 841 g/mol. The molecule has 1 saturated heterocycles. The Bertz CT molecular complexity index is 2750. The van der Waals surface area contributed by atoms with Crippen LogP contribution in [0.4, 0.5) is 9.59 Å². The summed E-state index contributed by atoms with van der Waals surface area (Å²) in [5, 5.41) is 7.36. The number of carbonyl (C=O) groups excluding carboxylic acids is 4. The second-order valence-corrected chi connectivity index (χ2v) is 18.0. The zero-order valence-corrected chi connectivity index (χ0v) is 38.6. The average Bonchev–Trinajstić information content (AvgIpc) is 4.10. The maximum atomic E-state index is 14.4. The third kappa shape index (κ3) is 9.14. The summed E-state index contributed by atoms with van der Waals surface area (Å²) in [5.41, 5.74) is 7.01. The number of rotatable bonds is 14. The summed E-state index contributed by atoms with van der Waals surface area (Å²) < 4.78 is 21.7. The van der Waals surface area contributed by atoms with Crippen LogP contribution in [0.2, 0.25) is 0 Å². The molecule has 0 radical (unpaired) electrons. The summed E-state index contributed by atoms with van der Waals surface area (Å²) in [4.78, 5) is 73.5. The zero-order valence-electron chi connectivity index (χ0n) is 38.6. The first-order valence-electron chi connectivity index (χ1n) is 22.4. The van der Waals surface area contributed by atoms with E-state index in [2.05, 4.69) is 50.9 Å². The summed E-state index contributed by atoms with van der Waals surface area (Å²) in [6.07, 6.45) is 1.06. The molecule has 1 fully saturated rings. The molecule has 0 spiro atoms. The number of alkyl carbamates (subject to hydrolysis) is 2. The number of imidazole rings is 2. The smallest absolute Gasteiger partial charge is 0.407 e. The molecule has 8 rings (SSSR count). The largest absolute Gasteiger partial charge is 0.488 e. The number of hydrogen-bond acceptors (Lipinski definition) is 10. The quantitative estimate of drug-likeness (QED) is 0.0828. The number of methoxy groups -OCH3 is 3. The Morgan fingerprint density at radius 3 is 2.36 bits per heavy atom. The summed E-state index contributed by atoms with van der Waals surface area (Å²) in [6.45, 7) is 11.5. The van der Waals surface area contributed by atoms with Crippen LogP contribution < -0.4 is 15.4 Å². The molecule has 66 heavy (non-hydrogen) atoms. The van der Waals surface area contributed by atoms with Crippen molar-refractivity contribution < 1.29 is 38.1 Å². The van der Waals surface area contributed by atoms with Crippen LogP contribution in [-0.4, -0.2) is 101 Å². The summed E-state index contributed by atoms with van der Waals surface area (Å²) in [6, 6.07) is 21.2. The van der Waals surface area contributed by atoms with E-state index in [1.165, 1.54) is 14.2 Å². The van der Waals surface area contributed by atoms with Gasteiger partial charge in [0.2, 0.25) is 5.91 Å². The molecule has 4 heterocycles. The van der Waals surface area contributed by atoms with E-state index in [0.29, 0.717) is 49.9 Å². The first kappa shape index (κ1) is 45.6. The molecule has 16 nitrogen and oxygen atoms in total. The van der Waals surface area contributed by atoms with Crippen LogP contribution in [0, 0.1) is 17.8 Å². The second kappa shape index (κ2) is 19.3. The van der Waals surface area contributed by atoms with Crippen LogP contribution in [0.5, 0.6) is 5.75 Å². The van der Waals surface area contributed by atoms with Crippen LogP contribution in [-0.2, 0) is 30.4 Å². The van der Waals surface area contributed by atoms with Crippen molar-refractivity contribution in [1.82, 2.24) is 40.4 Å². The van der Waals surface area contributed by atoms with Gasteiger partial charge >= 0.3 is 12.2 Å². The van der Waals surface area contributed by atoms with E-state index in [0.717, 1.165) is 55.5 Å². The highest BCUT2D eigenvalue weighted by Crippen LogP contribution is 2.44. The monoisotopic (exact) mass is 898 g/mol. The number of aromatic nitrogens is 4. The number of amides is 4. The molecular formula is C50H58N8O8. The van der Waals surface area contributed by atoms with Gasteiger partial charge in [-0.1, -0.05) is 76.2 Å². The zero-order chi connectivity index (χ0) is 46.8. The van der Waals surface area contributed by atoms with Crippen LogP contribution in [0.3, 0.4) is 0 Å². The van der Waals surface area contributed by atoms with E-state index in [1.807, 2.05) is 77.1 Å². The lowest BCUT2D eigenvalue weighted by Gasteiger charge is -2.34. The van der Waals surface area contributed by atoms with E-state index >= 15 is 0 Å². The summed E-state index contributed by atoms with van der Waals surface area (Å²) in [5.74, 6) is 1.62. The molecule has 0 saturated carbocycles. The third-order valence-electron chi connectivity index (χ3n) is 12.6. The Labute approximate surface area is 383 Å². The Morgan fingerprint density at radius 2 is 1.65 bits per heavy atom. The van der Waals surface area contributed by atoms with Gasteiger partial charge in [-0.15, -0.1) is 0 Å². The number of fused-ring (bicyclic) bond motifs is 6. The van der Waals surface area contributed by atoms with E-state index in [9.17, 15) is 19.2 Å². The van der Waals surface area contributed by atoms with E-state index in [1.54, 1.807) is 23.1 Å². The van der Waals surface area contributed by atoms with Crippen LogP contribution >= 0.6 is 0 Å². The van der Waals surface area contributed by atoms with Gasteiger partial charge in [-0.05, 0) is 77.1 Å². The van der Waals surface area contributed by atoms with Crippen molar-refractivity contribution >= 4 is 45.8 Å². The topological polar surface area (TPSA) is 193 Å². The lowest BCUT2D eigenvalue weighted by molar-refractivity contribution is -0.137. The van der Waals surface area contributed by atoms with E-state index in [4.69, 9.17) is 28.9 Å². The molecule has 5 unspecified atom stereocenters. The van der Waals surface area contributed by atoms with Gasteiger partial charge in [0, 0.05) is 37.1 Å². The highest BCUT2D eigenvalue weighted by Gasteiger charge is 2.41.